The summed E-state index contributed by atoms with van der Waals surface area (Å²) >= 11 is 0. The van der Waals surface area contributed by atoms with Crippen LogP contribution in [0.25, 0.3) is 0 Å². The van der Waals surface area contributed by atoms with E-state index < -0.39 is 11.1 Å². The van der Waals surface area contributed by atoms with Crippen LogP contribution in [0, 0.1) is 0 Å². The summed E-state index contributed by atoms with van der Waals surface area (Å²) in [6, 6.07) is 0. The molecule has 6 nitrogen and oxygen atoms in total. The zero-order chi connectivity index (χ0) is 14.2. The van der Waals surface area contributed by atoms with E-state index in [1.54, 1.807) is 0 Å². The standard InChI is InChI=1S/C14H22N4O2.ClH/c1-10(19)17-14(8-3-2-4-9-14)12-16-11(18-20-12)13(15)6-5-7-13;/h2-9,15H2,1H3,(H,17,19);1H. The third kappa shape index (κ3) is 2.92. The average Bonchev–Trinajstić information content (AvgIpc) is 2.86. The van der Waals surface area contributed by atoms with Crippen molar-refractivity contribution in [2.45, 2.75) is 69.4 Å². The van der Waals surface area contributed by atoms with E-state index in [0.717, 1.165) is 44.9 Å². The quantitative estimate of drug-likeness (QED) is 0.891. The second kappa shape index (κ2) is 5.93. The molecule has 0 aliphatic heterocycles. The lowest BCUT2D eigenvalue weighted by Crippen LogP contribution is -2.47. The second-order valence-corrected chi connectivity index (χ2v) is 6.26. The van der Waals surface area contributed by atoms with Gasteiger partial charge in [-0.05, 0) is 32.1 Å². The number of amides is 1. The number of hydrogen-bond acceptors (Lipinski definition) is 5. The van der Waals surface area contributed by atoms with Gasteiger partial charge in [0, 0.05) is 6.92 Å². The van der Waals surface area contributed by atoms with Crippen LogP contribution < -0.4 is 11.1 Å². The smallest absolute Gasteiger partial charge is 0.252 e. The Morgan fingerprint density at radius 2 is 1.86 bits per heavy atom. The lowest BCUT2D eigenvalue weighted by Gasteiger charge is -2.35. The van der Waals surface area contributed by atoms with Gasteiger partial charge in [-0.25, -0.2) is 0 Å². The molecule has 7 heteroatoms. The van der Waals surface area contributed by atoms with E-state index in [1.807, 2.05) is 0 Å². The van der Waals surface area contributed by atoms with Crippen molar-refractivity contribution in [2.24, 2.45) is 5.73 Å². The minimum atomic E-state index is -0.491. The number of carbonyl (C=O) groups excluding carboxylic acids is 1. The molecule has 1 heterocycles. The summed E-state index contributed by atoms with van der Waals surface area (Å²) in [5, 5.41) is 7.11. The molecule has 21 heavy (non-hydrogen) atoms. The van der Waals surface area contributed by atoms with Gasteiger partial charge in [-0.1, -0.05) is 24.4 Å². The van der Waals surface area contributed by atoms with Crippen LogP contribution in [0.3, 0.4) is 0 Å². The predicted molar refractivity (Wildman–Crippen MR) is 79.8 cm³/mol. The molecule has 1 aromatic heterocycles. The number of carbonyl (C=O) groups is 1. The Morgan fingerprint density at radius 1 is 1.19 bits per heavy atom. The Hall–Kier alpha value is -1.14. The highest BCUT2D eigenvalue weighted by molar-refractivity contribution is 5.85. The summed E-state index contributed by atoms with van der Waals surface area (Å²) in [5.74, 6) is 1.06. The molecule has 0 spiro atoms. The van der Waals surface area contributed by atoms with Crippen LogP contribution in [0.15, 0.2) is 4.52 Å². The third-order valence-electron chi connectivity index (χ3n) is 4.65. The maximum absolute atomic E-state index is 11.5. The maximum Gasteiger partial charge on any atom is 0.252 e. The van der Waals surface area contributed by atoms with Gasteiger partial charge >= 0.3 is 0 Å². The Bertz CT molecular complexity index is 507. The molecule has 2 saturated carbocycles. The number of hydrogen-bond donors (Lipinski definition) is 2. The van der Waals surface area contributed by atoms with Gasteiger partial charge in [-0.3, -0.25) is 4.79 Å². The molecule has 2 fully saturated rings. The molecule has 1 aromatic rings. The molecule has 2 aliphatic rings. The first-order chi connectivity index (χ1) is 9.54. The van der Waals surface area contributed by atoms with Crippen molar-refractivity contribution in [2.75, 3.05) is 0 Å². The lowest BCUT2D eigenvalue weighted by atomic mass is 9.77. The first-order valence-electron chi connectivity index (χ1n) is 7.46. The van der Waals surface area contributed by atoms with E-state index in [9.17, 15) is 4.79 Å². The van der Waals surface area contributed by atoms with Gasteiger partial charge in [0.25, 0.3) is 5.89 Å². The molecule has 118 valence electrons. The Labute approximate surface area is 130 Å². The van der Waals surface area contributed by atoms with Crippen LogP contribution >= 0.6 is 12.4 Å². The number of halogens is 1. The number of rotatable bonds is 3. The second-order valence-electron chi connectivity index (χ2n) is 6.26. The van der Waals surface area contributed by atoms with Gasteiger partial charge in [0.15, 0.2) is 5.82 Å². The van der Waals surface area contributed by atoms with Crippen LogP contribution in [-0.2, 0) is 15.9 Å². The largest absolute Gasteiger partial charge is 0.342 e. The summed E-state index contributed by atoms with van der Waals surface area (Å²) < 4.78 is 5.47. The lowest BCUT2D eigenvalue weighted by molar-refractivity contribution is -0.121. The fourth-order valence-electron chi connectivity index (χ4n) is 3.29. The average molecular weight is 315 g/mol. The van der Waals surface area contributed by atoms with Crippen molar-refractivity contribution < 1.29 is 9.32 Å². The minimum Gasteiger partial charge on any atom is -0.342 e. The number of nitrogens with one attached hydrogen (secondary N) is 1. The van der Waals surface area contributed by atoms with Crippen molar-refractivity contribution in [1.82, 2.24) is 15.5 Å². The third-order valence-corrected chi connectivity index (χ3v) is 4.65. The highest BCUT2D eigenvalue weighted by Gasteiger charge is 2.44. The van der Waals surface area contributed by atoms with Crippen molar-refractivity contribution in [3.8, 4) is 0 Å². The van der Waals surface area contributed by atoms with Crippen LogP contribution in [-0.4, -0.2) is 16.0 Å². The number of nitrogens with zero attached hydrogens (tertiary/aromatic N) is 2. The zero-order valence-electron chi connectivity index (χ0n) is 12.4. The molecule has 2 aliphatic carbocycles. The first kappa shape index (κ1) is 16.2. The van der Waals surface area contributed by atoms with Crippen LogP contribution in [0.1, 0.15) is 70.0 Å². The number of aromatic nitrogens is 2. The van der Waals surface area contributed by atoms with E-state index in [0.29, 0.717) is 11.7 Å². The van der Waals surface area contributed by atoms with Gasteiger partial charge in [0.2, 0.25) is 5.91 Å². The van der Waals surface area contributed by atoms with Crippen LogP contribution in [0.5, 0.6) is 0 Å². The fraction of sp³-hybridized carbons (Fsp3) is 0.786. The Kier molecular flexibility index (Phi) is 4.58. The van der Waals surface area contributed by atoms with Gasteiger partial charge in [0.1, 0.15) is 5.54 Å². The van der Waals surface area contributed by atoms with Gasteiger partial charge in [0.05, 0.1) is 5.54 Å². The Balaban J connectivity index is 0.00000161. The fourth-order valence-corrected chi connectivity index (χ4v) is 3.29. The van der Waals surface area contributed by atoms with Crippen LogP contribution in [0.2, 0.25) is 0 Å². The molecule has 3 rings (SSSR count). The molecule has 3 N–H and O–H groups in total. The Morgan fingerprint density at radius 3 is 2.38 bits per heavy atom. The zero-order valence-corrected chi connectivity index (χ0v) is 13.2. The van der Waals surface area contributed by atoms with E-state index in [1.165, 1.54) is 13.3 Å². The first-order valence-corrected chi connectivity index (χ1v) is 7.46. The summed E-state index contributed by atoms with van der Waals surface area (Å²) in [5.41, 5.74) is 5.33. The van der Waals surface area contributed by atoms with Gasteiger partial charge < -0.3 is 15.6 Å². The summed E-state index contributed by atoms with van der Waals surface area (Å²) in [7, 11) is 0. The molecular formula is C14H23ClN4O2. The molecule has 0 aromatic carbocycles. The summed E-state index contributed by atoms with van der Waals surface area (Å²) in [6.45, 7) is 1.53. The molecule has 0 saturated heterocycles. The number of nitrogens with two attached hydrogens (primary N) is 1. The highest BCUT2D eigenvalue weighted by atomic mass is 35.5. The van der Waals surface area contributed by atoms with E-state index in [2.05, 4.69) is 15.5 Å². The van der Waals surface area contributed by atoms with E-state index in [4.69, 9.17) is 10.3 Å². The minimum absolute atomic E-state index is 0. The summed E-state index contributed by atoms with van der Waals surface area (Å²) in [4.78, 5) is 16.1. The molecule has 0 radical (unpaired) electrons. The monoisotopic (exact) mass is 314 g/mol. The predicted octanol–water partition coefficient (Wildman–Crippen LogP) is 2.12. The van der Waals surface area contributed by atoms with Crippen molar-refractivity contribution in [3.05, 3.63) is 11.7 Å². The van der Waals surface area contributed by atoms with Crippen LogP contribution in [0.4, 0.5) is 0 Å². The molecule has 0 unspecified atom stereocenters. The SMILES string of the molecule is CC(=O)NC1(c2nc(C3(N)CCC3)no2)CCCCC1.Cl. The van der Waals surface area contributed by atoms with E-state index in [-0.39, 0.29) is 18.3 Å². The highest BCUT2D eigenvalue weighted by Crippen LogP contribution is 2.40. The van der Waals surface area contributed by atoms with Crippen molar-refractivity contribution in [1.29, 1.82) is 0 Å². The van der Waals surface area contributed by atoms with Crippen molar-refractivity contribution in [3.63, 3.8) is 0 Å². The van der Waals surface area contributed by atoms with Crippen molar-refractivity contribution >= 4 is 18.3 Å². The molecule has 0 atom stereocenters. The molecule has 0 bridgehead atoms. The van der Waals surface area contributed by atoms with Gasteiger partial charge in [-0.15, -0.1) is 12.4 Å². The summed E-state index contributed by atoms with van der Waals surface area (Å²) in [6.07, 6.45) is 7.92. The molecular weight excluding hydrogens is 292 g/mol. The normalized spacial score (nSPS) is 22.8. The molecule has 1 amide bonds. The topological polar surface area (TPSA) is 94.0 Å². The van der Waals surface area contributed by atoms with Gasteiger partial charge in [-0.2, -0.15) is 4.98 Å². The van der Waals surface area contributed by atoms with E-state index >= 15 is 0 Å². The maximum atomic E-state index is 11.5.